The van der Waals surface area contributed by atoms with Gasteiger partial charge in [-0.3, -0.25) is 9.69 Å². The normalized spacial score (nSPS) is 20.7. The van der Waals surface area contributed by atoms with Crippen LogP contribution in [0.25, 0.3) is 0 Å². The highest BCUT2D eigenvalue weighted by Gasteiger charge is 2.37. The quantitative estimate of drug-likeness (QED) is 0.600. The van der Waals surface area contributed by atoms with E-state index < -0.39 is 30.0 Å². The summed E-state index contributed by atoms with van der Waals surface area (Å²) in [7, 11) is 0. The van der Waals surface area contributed by atoms with E-state index in [1.54, 1.807) is 6.92 Å². The highest BCUT2D eigenvalue weighted by Crippen LogP contribution is 2.30. The minimum Gasteiger partial charge on any atom is -0.463 e. The molecule has 4 rings (SSSR count). The maximum atomic E-state index is 13.0. The van der Waals surface area contributed by atoms with Crippen LogP contribution in [-0.2, 0) is 27.3 Å². The molecular formula is C24H26N4O4. The van der Waals surface area contributed by atoms with Gasteiger partial charge >= 0.3 is 12.0 Å². The van der Waals surface area contributed by atoms with Crippen molar-refractivity contribution in [2.24, 2.45) is 5.73 Å². The Morgan fingerprint density at radius 1 is 1.09 bits per heavy atom. The molecule has 4 N–H and O–H groups in total. The molecule has 3 amide bonds. The van der Waals surface area contributed by atoms with Crippen LogP contribution in [0.3, 0.4) is 0 Å². The molecule has 8 heteroatoms. The predicted molar refractivity (Wildman–Crippen MR) is 118 cm³/mol. The number of nitrogens with zero attached hydrogens (tertiary/aromatic N) is 1. The third kappa shape index (κ3) is 4.36. The molecule has 2 aliphatic heterocycles. The van der Waals surface area contributed by atoms with Crippen molar-refractivity contribution in [2.75, 3.05) is 13.2 Å². The Labute approximate surface area is 186 Å². The third-order valence-electron chi connectivity index (χ3n) is 5.82. The highest BCUT2D eigenvalue weighted by atomic mass is 16.5. The Morgan fingerprint density at radius 3 is 2.47 bits per heavy atom. The molecule has 8 nitrogen and oxygen atoms in total. The summed E-state index contributed by atoms with van der Waals surface area (Å²) >= 11 is 0. The van der Waals surface area contributed by atoms with Crippen LogP contribution in [0.2, 0.25) is 0 Å². The van der Waals surface area contributed by atoms with Crippen molar-refractivity contribution >= 4 is 17.9 Å². The number of amides is 3. The second-order valence-electron chi connectivity index (χ2n) is 7.85. The predicted octanol–water partition coefficient (Wildman–Crippen LogP) is 1.77. The van der Waals surface area contributed by atoms with E-state index >= 15 is 0 Å². The molecule has 166 valence electrons. The van der Waals surface area contributed by atoms with Gasteiger partial charge in [-0.05, 0) is 30.0 Å². The zero-order valence-electron chi connectivity index (χ0n) is 17.8. The average Bonchev–Trinajstić information content (AvgIpc) is 2.78. The van der Waals surface area contributed by atoms with Crippen LogP contribution in [0, 0.1) is 0 Å². The number of carbonyl (C=O) groups is 3. The second-order valence-corrected chi connectivity index (χ2v) is 7.85. The number of nitrogens with one attached hydrogen (secondary N) is 2. The molecule has 2 atom stereocenters. The second kappa shape index (κ2) is 9.23. The molecule has 0 saturated heterocycles. The Balaban J connectivity index is 1.74. The molecule has 2 aromatic carbocycles. The zero-order valence-corrected chi connectivity index (χ0v) is 17.8. The molecule has 32 heavy (non-hydrogen) atoms. The lowest BCUT2D eigenvalue weighted by Gasteiger charge is -2.37. The molecule has 0 spiro atoms. The highest BCUT2D eigenvalue weighted by molar-refractivity contribution is 5.95. The van der Waals surface area contributed by atoms with Crippen LogP contribution in [0.15, 0.2) is 65.9 Å². The van der Waals surface area contributed by atoms with E-state index in [1.807, 2.05) is 59.5 Å². The van der Waals surface area contributed by atoms with Gasteiger partial charge in [-0.25, -0.2) is 9.59 Å². The Kier molecular flexibility index (Phi) is 6.23. The number of urea groups is 1. The van der Waals surface area contributed by atoms with Crippen LogP contribution in [0.4, 0.5) is 4.79 Å². The van der Waals surface area contributed by atoms with Gasteiger partial charge in [-0.15, -0.1) is 0 Å². The largest absolute Gasteiger partial charge is 0.463 e. The molecule has 2 aromatic rings. The monoisotopic (exact) mass is 434 g/mol. The first kappa shape index (κ1) is 21.6. The van der Waals surface area contributed by atoms with E-state index in [0.29, 0.717) is 24.2 Å². The lowest BCUT2D eigenvalue weighted by molar-refractivity contribution is -0.139. The van der Waals surface area contributed by atoms with Gasteiger partial charge in [0.2, 0.25) is 5.91 Å². The number of esters is 1. The molecule has 2 heterocycles. The van der Waals surface area contributed by atoms with Gasteiger partial charge in [0.15, 0.2) is 0 Å². The number of ether oxygens (including phenoxy) is 1. The number of hydrogen-bond acceptors (Lipinski definition) is 5. The summed E-state index contributed by atoms with van der Waals surface area (Å²) in [4.78, 5) is 39.6. The lowest BCUT2D eigenvalue weighted by Crippen LogP contribution is -2.53. The van der Waals surface area contributed by atoms with E-state index in [9.17, 15) is 14.4 Å². The van der Waals surface area contributed by atoms with Crippen LogP contribution in [-0.4, -0.2) is 42.0 Å². The fourth-order valence-electron chi connectivity index (χ4n) is 4.32. The number of benzene rings is 2. The first-order valence-corrected chi connectivity index (χ1v) is 10.6. The van der Waals surface area contributed by atoms with Gasteiger partial charge in [-0.2, -0.15) is 0 Å². The van der Waals surface area contributed by atoms with E-state index in [0.717, 1.165) is 16.7 Å². The van der Waals surface area contributed by atoms with Gasteiger partial charge in [-0.1, -0.05) is 54.6 Å². The van der Waals surface area contributed by atoms with Gasteiger partial charge < -0.3 is 21.1 Å². The Hall–Kier alpha value is -3.65. The van der Waals surface area contributed by atoms with Crippen LogP contribution >= 0.6 is 0 Å². The summed E-state index contributed by atoms with van der Waals surface area (Å²) in [6.45, 7) is 2.58. The fourth-order valence-corrected chi connectivity index (χ4v) is 4.32. The Morgan fingerprint density at radius 2 is 1.78 bits per heavy atom. The maximum Gasteiger partial charge on any atom is 0.338 e. The van der Waals surface area contributed by atoms with E-state index in [-0.39, 0.29) is 13.2 Å². The molecule has 0 aliphatic carbocycles. The van der Waals surface area contributed by atoms with Crippen molar-refractivity contribution in [2.45, 2.75) is 32.0 Å². The number of nitrogens with two attached hydrogens (primary N) is 1. The number of primary amides is 1. The molecule has 0 bridgehead atoms. The standard InChI is InChI=1S/C24H26N4O4/c1-2-32-23(30)20-18(26-24(31)27-21(20)15-8-4-3-5-9-15)14-28-13-17-11-7-6-10-16(17)12-19(28)22(25)29/h3-11,19,21H,2,12-14H2,1H3,(H2,25,29)(H2,26,27,31)/t19-,21?/m0/s1. The summed E-state index contributed by atoms with van der Waals surface area (Å²) in [5.41, 5.74) is 9.37. The van der Waals surface area contributed by atoms with E-state index in [2.05, 4.69) is 10.6 Å². The summed E-state index contributed by atoms with van der Waals surface area (Å²) in [5.74, 6) is -0.963. The fraction of sp³-hybridized carbons (Fsp3) is 0.292. The third-order valence-corrected chi connectivity index (χ3v) is 5.82. The minimum atomic E-state index is -0.664. The summed E-state index contributed by atoms with van der Waals surface area (Å²) < 4.78 is 5.32. The summed E-state index contributed by atoms with van der Waals surface area (Å²) in [5, 5.41) is 5.59. The van der Waals surface area contributed by atoms with Gasteiger partial charge in [0.25, 0.3) is 0 Å². The van der Waals surface area contributed by atoms with Crippen molar-refractivity contribution in [3.05, 3.63) is 82.6 Å². The molecule has 0 fully saturated rings. The van der Waals surface area contributed by atoms with E-state index in [4.69, 9.17) is 10.5 Å². The van der Waals surface area contributed by atoms with Crippen molar-refractivity contribution in [1.29, 1.82) is 0 Å². The van der Waals surface area contributed by atoms with Gasteiger partial charge in [0, 0.05) is 18.8 Å². The smallest absolute Gasteiger partial charge is 0.338 e. The van der Waals surface area contributed by atoms with Gasteiger partial charge in [0.1, 0.15) is 0 Å². The first-order chi connectivity index (χ1) is 15.5. The van der Waals surface area contributed by atoms with Crippen molar-refractivity contribution < 1.29 is 19.1 Å². The molecule has 0 saturated carbocycles. The Bertz CT molecular complexity index is 1070. The first-order valence-electron chi connectivity index (χ1n) is 10.6. The van der Waals surface area contributed by atoms with Crippen molar-refractivity contribution in [1.82, 2.24) is 15.5 Å². The van der Waals surface area contributed by atoms with Crippen LogP contribution < -0.4 is 16.4 Å². The molecule has 0 aromatic heterocycles. The average molecular weight is 434 g/mol. The lowest BCUT2D eigenvalue weighted by atomic mass is 9.92. The number of carbonyl (C=O) groups excluding carboxylic acids is 3. The topological polar surface area (TPSA) is 114 Å². The molecule has 1 unspecified atom stereocenters. The zero-order chi connectivity index (χ0) is 22.7. The number of hydrogen-bond donors (Lipinski definition) is 3. The van der Waals surface area contributed by atoms with Crippen LogP contribution in [0.5, 0.6) is 0 Å². The van der Waals surface area contributed by atoms with Crippen molar-refractivity contribution in [3.8, 4) is 0 Å². The molecular weight excluding hydrogens is 408 g/mol. The van der Waals surface area contributed by atoms with Crippen LogP contribution in [0.1, 0.15) is 29.7 Å². The summed E-state index contributed by atoms with van der Waals surface area (Å²) in [6.07, 6.45) is 0.474. The SMILES string of the molecule is CCOC(=O)C1=C(CN2Cc3ccccc3C[C@H]2C(N)=O)NC(=O)NC1c1ccccc1. The van der Waals surface area contributed by atoms with Gasteiger partial charge in [0.05, 0.1) is 24.3 Å². The van der Waals surface area contributed by atoms with Crippen molar-refractivity contribution in [3.63, 3.8) is 0 Å². The molecule has 0 radical (unpaired) electrons. The number of rotatable bonds is 6. The maximum absolute atomic E-state index is 13.0. The van der Waals surface area contributed by atoms with E-state index in [1.165, 1.54) is 0 Å². The summed E-state index contributed by atoms with van der Waals surface area (Å²) in [6, 6.07) is 15.5. The molecule has 2 aliphatic rings. The number of fused-ring (bicyclic) bond motifs is 1. The minimum absolute atomic E-state index is 0.173.